The van der Waals surface area contributed by atoms with Gasteiger partial charge in [-0.05, 0) is 73.0 Å². The number of ether oxygens (including phenoxy) is 1. The molecule has 45 heavy (non-hydrogen) atoms. The molecule has 0 aliphatic rings. The molecule has 0 aliphatic heterocycles. The van der Waals surface area contributed by atoms with E-state index in [1.54, 1.807) is 24.3 Å². The quantitative estimate of drug-likeness (QED) is 0.162. The molecule has 0 aromatic heterocycles. The number of nitrogens with zero attached hydrogens (tertiary/aromatic N) is 2. The lowest BCUT2D eigenvalue weighted by atomic mass is 10.0. The number of benzene rings is 4. The van der Waals surface area contributed by atoms with Crippen molar-refractivity contribution < 1.29 is 22.7 Å². The van der Waals surface area contributed by atoms with E-state index in [1.165, 1.54) is 4.90 Å². The lowest BCUT2D eigenvalue weighted by Gasteiger charge is -2.34. The number of halogens is 1. The Kier molecular flexibility index (Phi) is 11.8. The number of para-hydroxylation sites is 1. The van der Waals surface area contributed by atoms with Gasteiger partial charge in [0, 0.05) is 23.5 Å². The number of rotatable bonds is 14. The van der Waals surface area contributed by atoms with E-state index in [0.29, 0.717) is 17.2 Å². The molecule has 0 unspecified atom stereocenters. The second-order valence-electron chi connectivity index (χ2n) is 10.9. The highest BCUT2D eigenvalue weighted by molar-refractivity contribution is 9.10. The van der Waals surface area contributed by atoms with Gasteiger partial charge in [0.25, 0.3) is 0 Å². The lowest BCUT2D eigenvalue weighted by molar-refractivity contribution is -0.140. The summed E-state index contributed by atoms with van der Waals surface area (Å²) in [5.41, 5.74) is 1.97. The Morgan fingerprint density at radius 3 is 2.04 bits per heavy atom. The van der Waals surface area contributed by atoms with Gasteiger partial charge in [-0.1, -0.05) is 83.5 Å². The van der Waals surface area contributed by atoms with Crippen molar-refractivity contribution >= 4 is 43.5 Å². The van der Waals surface area contributed by atoms with Crippen LogP contribution in [0.25, 0.3) is 0 Å². The van der Waals surface area contributed by atoms with E-state index in [-0.39, 0.29) is 24.9 Å². The highest BCUT2D eigenvalue weighted by atomic mass is 79.9. The third-order valence-electron chi connectivity index (χ3n) is 7.30. The van der Waals surface area contributed by atoms with Crippen molar-refractivity contribution in [1.82, 2.24) is 10.2 Å². The summed E-state index contributed by atoms with van der Waals surface area (Å²) in [4.78, 5) is 29.5. The Bertz CT molecular complexity index is 1670. The third kappa shape index (κ3) is 9.92. The largest absolute Gasteiger partial charge is 0.457 e. The van der Waals surface area contributed by atoms with Crippen molar-refractivity contribution in [3.8, 4) is 11.5 Å². The fourth-order valence-electron chi connectivity index (χ4n) is 4.75. The molecule has 1 N–H and O–H groups in total. The maximum absolute atomic E-state index is 14.3. The average molecular weight is 693 g/mol. The van der Waals surface area contributed by atoms with E-state index < -0.39 is 28.5 Å². The fourth-order valence-corrected chi connectivity index (χ4v) is 6.04. The minimum absolute atomic E-state index is 0.102. The molecule has 236 valence electrons. The van der Waals surface area contributed by atoms with Crippen molar-refractivity contribution in [3.63, 3.8) is 0 Å². The first-order valence-electron chi connectivity index (χ1n) is 14.7. The summed E-state index contributed by atoms with van der Waals surface area (Å²) in [5.74, 6) is 0.351. The van der Waals surface area contributed by atoms with Gasteiger partial charge in [-0.2, -0.15) is 0 Å². The molecule has 0 saturated heterocycles. The molecule has 0 fully saturated rings. The van der Waals surface area contributed by atoms with Crippen LogP contribution >= 0.6 is 15.9 Å². The molecule has 4 aromatic rings. The predicted molar refractivity (Wildman–Crippen MR) is 182 cm³/mol. The summed E-state index contributed by atoms with van der Waals surface area (Å²) in [6.07, 6.45) is 2.03. The van der Waals surface area contributed by atoms with Crippen LogP contribution in [0.3, 0.4) is 0 Å². The zero-order chi connectivity index (χ0) is 32.4. The van der Waals surface area contributed by atoms with Crippen LogP contribution in [0.2, 0.25) is 0 Å². The fraction of sp³-hybridized carbons (Fsp3) is 0.257. The van der Waals surface area contributed by atoms with Crippen molar-refractivity contribution in [2.24, 2.45) is 0 Å². The summed E-state index contributed by atoms with van der Waals surface area (Å²) in [7, 11) is -3.89. The van der Waals surface area contributed by atoms with Gasteiger partial charge >= 0.3 is 0 Å². The van der Waals surface area contributed by atoms with Gasteiger partial charge in [0.15, 0.2) is 0 Å². The molecule has 4 aromatic carbocycles. The van der Waals surface area contributed by atoms with Crippen molar-refractivity contribution in [1.29, 1.82) is 0 Å². The van der Waals surface area contributed by atoms with Gasteiger partial charge in [-0.15, -0.1) is 0 Å². The molecule has 0 aliphatic carbocycles. The molecule has 0 spiro atoms. The Balaban J connectivity index is 1.68. The van der Waals surface area contributed by atoms with Crippen molar-refractivity contribution in [2.45, 2.75) is 45.3 Å². The first kappa shape index (κ1) is 33.7. The molecular formula is C35H38BrN3O5S. The second-order valence-corrected chi connectivity index (χ2v) is 13.7. The number of hydrogen-bond donors (Lipinski definition) is 1. The van der Waals surface area contributed by atoms with Gasteiger partial charge in [-0.25, -0.2) is 8.42 Å². The second kappa shape index (κ2) is 15.7. The first-order chi connectivity index (χ1) is 21.5. The van der Waals surface area contributed by atoms with E-state index in [9.17, 15) is 18.0 Å². The predicted octanol–water partition coefficient (Wildman–Crippen LogP) is 6.56. The van der Waals surface area contributed by atoms with Crippen LogP contribution in [0.4, 0.5) is 5.69 Å². The smallest absolute Gasteiger partial charge is 0.244 e. The van der Waals surface area contributed by atoms with Crippen LogP contribution in [0.1, 0.15) is 31.4 Å². The van der Waals surface area contributed by atoms with Gasteiger partial charge < -0.3 is 15.0 Å². The summed E-state index contributed by atoms with van der Waals surface area (Å²) < 4.78 is 33.9. The topological polar surface area (TPSA) is 96.0 Å². The van der Waals surface area contributed by atoms with Crippen LogP contribution in [-0.2, 0) is 32.6 Å². The van der Waals surface area contributed by atoms with Crippen LogP contribution in [-0.4, -0.2) is 50.0 Å². The number of carbonyl (C=O) groups excluding carboxylic acids is 2. The Morgan fingerprint density at radius 1 is 0.844 bits per heavy atom. The maximum Gasteiger partial charge on any atom is 0.244 e. The van der Waals surface area contributed by atoms with Crippen molar-refractivity contribution in [2.75, 3.05) is 17.1 Å². The average Bonchev–Trinajstić information content (AvgIpc) is 3.02. The van der Waals surface area contributed by atoms with E-state index in [1.807, 2.05) is 98.8 Å². The highest BCUT2D eigenvalue weighted by Gasteiger charge is 2.33. The maximum atomic E-state index is 14.3. The number of carbonyl (C=O) groups is 2. The van der Waals surface area contributed by atoms with Crippen LogP contribution in [0, 0.1) is 0 Å². The summed E-state index contributed by atoms with van der Waals surface area (Å²) >= 11 is 3.49. The minimum Gasteiger partial charge on any atom is -0.457 e. The van der Waals surface area contributed by atoms with Gasteiger partial charge in [0.05, 0.1) is 11.9 Å². The molecule has 2 atom stereocenters. The SMILES string of the molecule is CC[C@H](C)NC(=O)[C@H](Cc1ccccc1)N(Cc1cccc(Br)c1)C(=O)CN(c1ccc(Oc2ccccc2)cc1)S(C)(=O)=O. The number of hydrogen-bond acceptors (Lipinski definition) is 5. The molecule has 10 heteroatoms. The molecule has 8 nitrogen and oxygen atoms in total. The number of anilines is 1. The van der Waals surface area contributed by atoms with E-state index in [0.717, 1.165) is 32.6 Å². The number of amides is 2. The highest BCUT2D eigenvalue weighted by Crippen LogP contribution is 2.26. The molecule has 2 amide bonds. The zero-order valence-corrected chi connectivity index (χ0v) is 28.0. The molecular weight excluding hydrogens is 654 g/mol. The van der Waals surface area contributed by atoms with Gasteiger partial charge in [-0.3, -0.25) is 13.9 Å². The van der Waals surface area contributed by atoms with E-state index in [4.69, 9.17) is 4.74 Å². The van der Waals surface area contributed by atoms with Gasteiger partial charge in [0.2, 0.25) is 21.8 Å². The Morgan fingerprint density at radius 2 is 1.44 bits per heavy atom. The molecule has 0 saturated carbocycles. The monoisotopic (exact) mass is 691 g/mol. The van der Waals surface area contributed by atoms with Crippen molar-refractivity contribution in [3.05, 3.63) is 125 Å². The number of nitrogens with one attached hydrogen (secondary N) is 1. The van der Waals surface area contributed by atoms with E-state index >= 15 is 0 Å². The van der Waals surface area contributed by atoms with Crippen LogP contribution in [0.15, 0.2) is 114 Å². The molecule has 0 heterocycles. The van der Waals surface area contributed by atoms with Crippen LogP contribution < -0.4 is 14.4 Å². The number of sulfonamides is 1. The Hall–Kier alpha value is -4.15. The van der Waals surface area contributed by atoms with E-state index in [2.05, 4.69) is 21.2 Å². The normalized spacial score (nSPS) is 12.5. The molecule has 0 radical (unpaired) electrons. The molecule has 4 rings (SSSR count). The standard InChI is InChI=1S/C35H38BrN3O5S/c1-4-26(2)37-35(41)33(23-27-12-7-5-8-13-27)38(24-28-14-11-15-29(36)22-28)34(40)25-39(45(3,42)43)30-18-20-32(21-19-30)44-31-16-9-6-10-17-31/h5-22,26,33H,4,23-25H2,1-3H3,(H,37,41)/t26-,33-/m0/s1. The van der Waals surface area contributed by atoms with Crippen LogP contribution in [0.5, 0.6) is 11.5 Å². The molecule has 0 bridgehead atoms. The first-order valence-corrected chi connectivity index (χ1v) is 17.4. The summed E-state index contributed by atoms with van der Waals surface area (Å²) in [6.45, 7) is 3.50. The minimum atomic E-state index is -3.89. The van der Waals surface area contributed by atoms with Gasteiger partial charge in [0.1, 0.15) is 24.1 Å². The zero-order valence-electron chi connectivity index (χ0n) is 25.6. The lowest BCUT2D eigenvalue weighted by Crippen LogP contribution is -2.54. The Labute approximate surface area is 274 Å². The third-order valence-corrected chi connectivity index (χ3v) is 8.93. The summed E-state index contributed by atoms with van der Waals surface area (Å²) in [5, 5.41) is 3.04. The summed E-state index contributed by atoms with van der Waals surface area (Å²) in [6, 6.07) is 31.7.